The summed E-state index contributed by atoms with van der Waals surface area (Å²) in [5.74, 6) is -1.80. The third-order valence-electron chi connectivity index (χ3n) is 6.99. The number of unbranched alkanes of at least 4 members (excludes halogenated alkanes) is 2. The zero-order valence-electron chi connectivity index (χ0n) is 20.9. The molecule has 1 unspecified atom stereocenters. The fourth-order valence-corrected chi connectivity index (χ4v) is 4.78. The van der Waals surface area contributed by atoms with E-state index in [1.807, 2.05) is 24.3 Å². The Bertz CT molecular complexity index is 1230. The number of nitrogens with zero attached hydrogens (tertiary/aromatic N) is 5. The number of hydrogen-bond acceptors (Lipinski definition) is 7. The van der Waals surface area contributed by atoms with Crippen molar-refractivity contribution in [3.05, 3.63) is 48.2 Å². The van der Waals surface area contributed by atoms with Crippen LogP contribution in [0.4, 0.5) is 14.5 Å². The second-order valence-corrected chi connectivity index (χ2v) is 9.90. The van der Waals surface area contributed by atoms with E-state index in [1.165, 1.54) is 7.11 Å². The summed E-state index contributed by atoms with van der Waals surface area (Å²) in [6.07, 6.45) is 6.52. The van der Waals surface area contributed by atoms with Gasteiger partial charge >= 0.3 is 6.01 Å². The molecule has 0 bridgehead atoms. The molecule has 2 aliphatic rings. The van der Waals surface area contributed by atoms with E-state index in [1.54, 1.807) is 17.2 Å². The number of ether oxygens (including phenoxy) is 1. The minimum atomic E-state index is -2.78. The number of aryl methyl sites for hydroxylation is 1. The summed E-state index contributed by atoms with van der Waals surface area (Å²) < 4.78 is 38.3. The molecule has 2 aromatic heterocycles. The molecule has 2 fully saturated rings. The molecule has 10 heteroatoms. The van der Waals surface area contributed by atoms with Crippen molar-refractivity contribution in [2.75, 3.05) is 18.6 Å². The Hall–Kier alpha value is -3.43. The van der Waals surface area contributed by atoms with E-state index < -0.39 is 18.3 Å². The number of anilines is 1. The Morgan fingerprint density at radius 3 is 2.78 bits per heavy atom. The van der Waals surface area contributed by atoms with Gasteiger partial charge in [-0.3, -0.25) is 4.79 Å². The number of methoxy groups -OCH3 is 1. The first-order valence-electron chi connectivity index (χ1n) is 12.9. The summed E-state index contributed by atoms with van der Waals surface area (Å²) >= 11 is 0. The number of hydrogen-bond donors (Lipinski definition) is 0. The van der Waals surface area contributed by atoms with Gasteiger partial charge in [0, 0.05) is 55.1 Å². The van der Waals surface area contributed by atoms with Crippen LogP contribution in [0.2, 0.25) is 0 Å². The first kappa shape index (κ1) is 25.2. The van der Waals surface area contributed by atoms with Gasteiger partial charge in [-0.15, -0.1) is 0 Å². The minimum absolute atomic E-state index is 0.200. The van der Waals surface area contributed by atoms with Crippen molar-refractivity contribution in [3.8, 4) is 17.3 Å². The van der Waals surface area contributed by atoms with Crippen LogP contribution in [0.5, 0.6) is 6.01 Å². The van der Waals surface area contributed by atoms with Crippen LogP contribution in [0, 0.1) is 5.92 Å². The van der Waals surface area contributed by atoms with Gasteiger partial charge in [-0.1, -0.05) is 23.7 Å². The molecule has 3 aromatic rings. The maximum absolute atomic E-state index is 13.9. The monoisotopic (exact) mass is 511 g/mol. The molecule has 37 heavy (non-hydrogen) atoms. The number of alkyl halides is 2. The lowest BCUT2D eigenvalue weighted by Crippen LogP contribution is -2.36. The van der Waals surface area contributed by atoms with Gasteiger partial charge in [0.05, 0.1) is 12.8 Å². The van der Waals surface area contributed by atoms with Gasteiger partial charge in [-0.2, -0.15) is 9.97 Å². The average molecular weight is 512 g/mol. The summed E-state index contributed by atoms with van der Waals surface area (Å²) in [4.78, 5) is 28.0. The van der Waals surface area contributed by atoms with Crippen molar-refractivity contribution >= 4 is 11.6 Å². The first-order valence-corrected chi connectivity index (χ1v) is 12.9. The van der Waals surface area contributed by atoms with Crippen molar-refractivity contribution in [1.82, 2.24) is 20.1 Å². The van der Waals surface area contributed by atoms with Crippen molar-refractivity contribution in [3.63, 3.8) is 0 Å². The van der Waals surface area contributed by atoms with E-state index in [0.29, 0.717) is 36.2 Å². The highest BCUT2D eigenvalue weighted by atomic mass is 19.3. The highest BCUT2D eigenvalue weighted by Crippen LogP contribution is 2.40. The standard InChI is InChI=1S/C27H31F2N5O3/c1-36-26-30-14-12-22(31-26)19-6-5-7-21(16-19)34(25(35)20-11-13-27(28,29)17-20)15-4-2-3-8-23-32-24(33-37-23)18-9-10-18/h5-7,12,14,16,18,20H,2-4,8-11,13,15,17H2,1H3. The van der Waals surface area contributed by atoms with Gasteiger partial charge in [-0.05, 0) is 50.3 Å². The lowest BCUT2D eigenvalue weighted by Gasteiger charge is -2.26. The second kappa shape index (κ2) is 10.9. The Morgan fingerprint density at radius 2 is 2.03 bits per heavy atom. The van der Waals surface area contributed by atoms with Crippen LogP contribution in [-0.2, 0) is 11.2 Å². The molecule has 0 radical (unpaired) electrons. The van der Waals surface area contributed by atoms with E-state index in [2.05, 4.69) is 20.1 Å². The van der Waals surface area contributed by atoms with E-state index in [0.717, 1.165) is 43.5 Å². The zero-order valence-corrected chi connectivity index (χ0v) is 20.9. The third-order valence-corrected chi connectivity index (χ3v) is 6.99. The number of rotatable bonds is 11. The van der Waals surface area contributed by atoms with E-state index in [4.69, 9.17) is 9.26 Å². The molecule has 8 nitrogen and oxygen atoms in total. The van der Waals surface area contributed by atoms with Crippen LogP contribution >= 0.6 is 0 Å². The second-order valence-electron chi connectivity index (χ2n) is 9.90. The van der Waals surface area contributed by atoms with E-state index in [-0.39, 0.29) is 24.8 Å². The minimum Gasteiger partial charge on any atom is -0.467 e. The normalized spacial score (nSPS) is 18.6. The summed E-state index contributed by atoms with van der Waals surface area (Å²) in [6, 6.07) is 9.44. The predicted octanol–water partition coefficient (Wildman–Crippen LogP) is 5.59. The van der Waals surface area contributed by atoms with Crippen LogP contribution in [0.25, 0.3) is 11.3 Å². The van der Waals surface area contributed by atoms with E-state index >= 15 is 0 Å². The van der Waals surface area contributed by atoms with Crippen LogP contribution < -0.4 is 9.64 Å². The van der Waals surface area contributed by atoms with Crippen LogP contribution in [-0.4, -0.2) is 45.6 Å². The number of amides is 1. The van der Waals surface area contributed by atoms with Crippen molar-refractivity contribution in [1.29, 1.82) is 0 Å². The highest BCUT2D eigenvalue weighted by molar-refractivity contribution is 5.95. The smallest absolute Gasteiger partial charge is 0.316 e. The molecule has 1 amide bonds. The molecular formula is C27H31F2N5O3. The molecular weight excluding hydrogens is 480 g/mol. The van der Waals surface area contributed by atoms with Gasteiger partial charge in [0.15, 0.2) is 5.82 Å². The SMILES string of the molecule is COc1nccc(-c2cccc(N(CCCCCc3nc(C4CC4)no3)C(=O)C3CCC(F)(F)C3)c2)n1. The molecule has 1 aromatic carbocycles. The maximum Gasteiger partial charge on any atom is 0.316 e. The molecule has 0 N–H and O–H groups in total. The zero-order chi connectivity index (χ0) is 25.8. The molecule has 2 heterocycles. The van der Waals surface area contributed by atoms with Gasteiger partial charge in [-0.25, -0.2) is 13.8 Å². The Balaban J connectivity index is 1.27. The number of benzene rings is 1. The predicted molar refractivity (Wildman–Crippen MR) is 132 cm³/mol. The summed E-state index contributed by atoms with van der Waals surface area (Å²) in [6.45, 7) is 0.439. The molecule has 196 valence electrons. The number of halogens is 2. The largest absolute Gasteiger partial charge is 0.467 e. The molecule has 0 saturated heterocycles. The lowest BCUT2D eigenvalue weighted by atomic mass is 10.0. The molecule has 1 atom stereocenters. The lowest BCUT2D eigenvalue weighted by molar-refractivity contribution is -0.123. The Morgan fingerprint density at radius 1 is 1.16 bits per heavy atom. The molecule has 2 saturated carbocycles. The molecule has 0 aliphatic heterocycles. The van der Waals surface area contributed by atoms with Gasteiger partial charge in [0.2, 0.25) is 17.7 Å². The topological polar surface area (TPSA) is 94.2 Å². The van der Waals surface area contributed by atoms with Gasteiger partial charge in [0.25, 0.3) is 0 Å². The van der Waals surface area contributed by atoms with Crippen LogP contribution in [0.15, 0.2) is 41.1 Å². The fourth-order valence-electron chi connectivity index (χ4n) is 4.78. The number of carbonyl (C=O) groups is 1. The summed E-state index contributed by atoms with van der Waals surface area (Å²) in [5.41, 5.74) is 2.11. The maximum atomic E-state index is 13.9. The number of aromatic nitrogens is 4. The quantitative estimate of drug-likeness (QED) is 0.310. The van der Waals surface area contributed by atoms with Crippen molar-refractivity contribution in [2.24, 2.45) is 5.92 Å². The van der Waals surface area contributed by atoms with Crippen molar-refractivity contribution in [2.45, 2.75) is 69.6 Å². The first-order chi connectivity index (χ1) is 17.9. The van der Waals surface area contributed by atoms with Crippen molar-refractivity contribution < 1.29 is 22.8 Å². The van der Waals surface area contributed by atoms with E-state index in [9.17, 15) is 13.6 Å². The highest BCUT2D eigenvalue weighted by Gasteiger charge is 2.43. The third kappa shape index (κ3) is 6.29. The van der Waals surface area contributed by atoms with Crippen LogP contribution in [0.1, 0.15) is 69.0 Å². The molecule has 0 spiro atoms. The molecule has 2 aliphatic carbocycles. The summed E-state index contributed by atoms with van der Waals surface area (Å²) in [7, 11) is 1.50. The van der Waals surface area contributed by atoms with Crippen LogP contribution in [0.3, 0.4) is 0 Å². The fraction of sp³-hybridized carbons (Fsp3) is 0.519. The number of carbonyl (C=O) groups excluding carboxylic acids is 1. The average Bonchev–Trinajstić information content (AvgIpc) is 3.54. The molecule has 5 rings (SSSR count). The Labute approximate surface area is 214 Å². The van der Waals surface area contributed by atoms with Gasteiger partial charge < -0.3 is 14.2 Å². The Kier molecular flexibility index (Phi) is 7.43. The summed E-state index contributed by atoms with van der Waals surface area (Å²) in [5, 5.41) is 4.05. The van der Waals surface area contributed by atoms with Gasteiger partial charge in [0.1, 0.15) is 0 Å².